The van der Waals surface area contributed by atoms with Crippen molar-refractivity contribution in [1.29, 1.82) is 0 Å². The summed E-state index contributed by atoms with van der Waals surface area (Å²) >= 11 is 0. The van der Waals surface area contributed by atoms with Crippen LogP contribution in [0.5, 0.6) is 0 Å². The van der Waals surface area contributed by atoms with Crippen LogP contribution in [0.4, 0.5) is 0 Å². The van der Waals surface area contributed by atoms with Crippen LogP contribution in [-0.4, -0.2) is 56.0 Å². The van der Waals surface area contributed by atoms with Crippen molar-refractivity contribution in [1.82, 2.24) is 10.2 Å². The van der Waals surface area contributed by atoms with Crippen molar-refractivity contribution < 1.29 is 8.42 Å². The molecule has 2 atom stereocenters. The third-order valence-corrected chi connectivity index (χ3v) is 7.15. The van der Waals surface area contributed by atoms with Crippen molar-refractivity contribution >= 4 is 9.84 Å². The van der Waals surface area contributed by atoms with E-state index < -0.39 is 9.84 Å². The van der Waals surface area contributed by atoms with Gasteiger partial charge in [0.05, 0.1) is 5.75 Å². The minimum atomic E-state index is -2.89. The van der Waals surface area contributed by atoms with Crippen molar-refractivity contribution in [2.75, 3.05) is 31.1 Å². The molecule has 2 unspecified atom stereocenters. The summed E-state index contributed by atoms with van der Waals surface area (Å²) < 4.78 is 24.1. The number of nitrogens with one attached hydrogen (secondary N) is 1. The van der Waals surface area contributed by atoms with Gasteiger partial charge in [-0.25, -0.2) is 8.42 Å². The Bertz CT molecular complexity index is 445. The molecule has 2 aliphatic rings. The lowest BCUT2D eigenvalue weighted by Gasteiger charge is -2.49. The topological polar surface area (TPSA) is 49.4 Å². The van der Waals surface area contributed by atoms with E-state index in [1.807, 2.05) is 6.92 Å². The lowest BCUT2D eigenvalue weighted by Crippen LogP contribution is -2.66. The third-order valence-electron chi connectivity index (χ3n) is 5.31. The summed E-state index contributed by atoms with van der Waals surface area (Å²) in [6, 6.07) is 0.478. The fourth-order valence-corrected chi connectivity index (χ4v) is 4.85. The summed E-state index contributed by atoms with van der Waals surface area (Å²) in [4.78, 5) is 2.47. The highest BCUT2D eigenvalue weighted by Crippen LogP contribution is 2.44. The van der Waals surface area contributed by atoms with E-state index in [0.29, 0.717) is 30.0 Å². The molecule has 0 amide bonds. The SMILES string of the molecule is CCCS(=O)(=O)CCN1CC(C(C)C)NCC1(C)C1CC1. The molecule has 4 nitrogen and oxygen atoms in total. The number of hydrogen-bond acceptors (Lipinski definition) is 4. The highest BCUT2D eigenvalue weighted by atomic mass is 32.2. The average molecular weight is 317 g/mol. The normalized spacial score (nSPS) is 31.8. The molecule has 124 valence electrons. The van der Waals surface area contributed by atoms with Crippen LogP contribution in [0.15, 0.2) is 0 Å². The molecular weight excluding hydrogens is 284 g/mol. The molecule has 1 N–H and O–H groups in total. The minimum Gasteiger partial charge on any atom is -0.311 e. The van der Waals surface area contributed by atoms with E-state index in [-0.39, 0.29) is 5.54 Å². The monoisotopic (exact) mass is 316 g/mol. The zero-order chi connectivity index (χ0) is 15.7. The van der Waals surface area contributed by atoms with Crippen LogP contribution in [0.3, 0.4) is 0 Å². The van der Waals surface area contributed by atoms with Gasteiger partial charge < -0.3 is 5.32 Å². The summed E-state index contributed by atoms with van der Waals surface area (Å²) in [6.07, 6.45) is 3.31. The Morgan fingerprint density at radius 2 is 1.95 bits per heavy atom. The molecule has 21 heavy (non-hydrogen) atoms. The Morgan fingerprint density at radius 3 is 2.48 bits per heavy atom. The number of nitrogens with zero attached hydrogens (tertiary/aromatic N) is 1. The van der Waals surface area contributed by atoms with Crippen molar-refractivity contribution in [3.63, 3.8) is 0 Å². The summed E-state index contributed by atoms with van der Waals surface area (Å²) in [5.74, 6) is 1.97. The molecule has 2 fully saturated rings. The quantitative estimate of drug-likeness (QED) is 0.779. The maximum Gasteiger partial charge on any atom is 0.151 e. The standard InChI is InChI=1S/C16H32N2O2S/c1-5-9-21(19,20)10-8-18-11-15(13(2)3)17-12-16(18,4)14-6-7-14/h13-15,17H,5-12H2,1-4H3. The van der Waals surface area contributed by atoms with E-state index in [1.165, 1.54) is 12.8 Å². The van der Waals surface area contributed by atoms with Crippen molar-refractivity contribution in [3.8, 4) is 0 Å². The zero-order valence-electron chi connectivity index (χ0n) is 14.1. The second kappa shape index (κ2) is 6.55. The number of rotatable bonds is 7. The second-order valence-corrected chi connectivity index (χ2v) is 9.76. The number of sulfone groups is 1. The van der Waals surface area contributed by atoms with Gasteiger partial charge in [-0.3, -0.25) is 4.90 Å². The van der Waals surface area contributed by atoms with Crippen molar-refractivity contribution in [3.05, 3.63) is 0 Å². The first-order valence-corrected chi connectivity index (χ1v) is 10.3. The summed E-state index contributed by atoms with van der Waals surface area (Å²) in [5.41, 5.74) is 0.146. The van der Waals surface area contributed by atoms with Crippen LogP contribution in [0.1, 0.15) is 47.0 Å². The molecule has 1 saturated carbocycles. The van der Waals surface area contributed by atoms with E-state index in [1.54, 1.807) is 0 Å². The molecule has 0 aromatic heterocycles. The molecule has 0 aromatic carbocycles. The summed E-state index contributed by atoms with van der Waals surface area (Å²) in [7, 11) is -2.89. The first-order valence-electron chi connectivity index (χ1n) is 8.47. The van der Waals surface area contributed by atoms with Gasteiger partial charge in [0, 0.05) is 37.0 Å². The lowest BCUT2D eigenvalue weighted by molar-refractivity contribution is 0.0309. The van der Waals surface area contributed by atoms with Crippen LogP contribution in [0.2, 0.25) is 0 Å². The molecule has 0 bridgehead atoms. The molecule has 2 rings (SSSR count). The first-order chi connectivity index (χ1) is 9.78. The van der Waals surface area contributed by atoms with Gasteiger partial charge in [0.15, 0.2) is 9.84 Å². The van der Waals surface area contributed by atoms with Gasteiger partial charge in [0.25, 0.3) is 0 Å². The lowest BCUT2D eigenvalue weighted by atomic mass is 9.87. The summed E-state index contributed by atoms with van der Waals surface area (Å²) in [6.45, 7) is 11.4. The predicted octanol–water partition coefficient (Wildman–Crippen LogP) is 1.91. The molecular formula is C16H32N2O2S. The Kier molecular flexibility index (Phi) is 5.37. The Labute approximate surface area is 130 Å². The first kappa shape index (κ1) is 17.2. The molecule has 1 aliphatic heterocycles. The highest BCUT2D eigenvalue weighted by molar-refractivity contribution is 7.91. The van der Waals surface area contributed by atoms with Gasteiger partial charge in [-0.2, -0.15) is 0 Å². The second-order valence-electron chi connectivity index (χ2n) is 7.46. The Hall–Kier alpha value is -0.130. The fourth-order valence-electron chi connectivity index (χ4n) is 3.52. The molecule has 1 aliphatic carbocycles. The van der Waals surface area contributed by atoms with Crippen LogP contribution >= 0.6 is 0 Å². The zero-order valence-corrected chi connectivity index (χ0v) is 14.9. The molecule has 1 saturated heterocycles. The maximum atomic E-state index is 12.0. The van der Waals surface area contributed by atoms with Crippen LogP contribution in [0, 0.1) is 11.8 Å². The van der Waals surface area contributed by atoms with Gasteiger partial charge in [0.2, 0.25) is 0 Å². The van der Waals surface area contributed by atoms with E-state index in [4.69, 9.17) is 0 Å². The van der Waals surface area contributed by atoms with E-state index >= 15 is 0 Å². The van der Waals surface area contributed by atoms with Crippen LogP contribution in [0.25, 0.3) is 0 Å². The maximum absolute atomic E-state index is 12.0. The smallest absolute Gasteiger partial charge is 0.151 e. The Balaban J connectivity index is 2.03. The van der Waals surface area contributed by atoms with Gasteiger partial charge in [-0.1, -0.05) is 20.8 Å². The molecule has 0 spiro atoms. The molecule has 0 aromatic rings. The number of hydrogen-bond donors (Lipinski definition) is 1. The van der Waals surface area contributed by atoms with Gasteiger partial charge in [-0.15, -0.1) is 0 Å². The third kappa shape index (κ3) is 4.20. The average Bonchev–Trinajstić information content (AvgIpc) is 3.22. The molecule has 1 heterocycles. The summed E-state index contributed by atoms with van der Waals surface area (Å²) in [5, 5.41) is 3.69. The van der Waals surface area contributed by atoms with Gasteiger partial charge >= 0.3 is 0 Å². The van der Waals surface area contributed by atoms with E-state index in [0.717, 1.165) is 25.4 Å². The predicted molar refractivity (Wildman–Crippen MR) is 88.3 cm³/mol. The van der Waals surface area contributed by atoms with Crippen LogP contribution < -0.4 is 5.32 Å². The van der Waals surface area contributed by atoms with Crippen molar-refractivity contribution in [2.45, 2.75) is 58.5 Å². The van der Waals surface area contributed by atoms with Crippen molar-refractivity contribution in [2.24, 2.45) is 11.8 Å². The highest BCUT2D eigenvalue weighted by Gasteiger charge is 2.48. The fraction of sp³-hybridized carbons (Fsp3) is 1.00. The Morgan fingerprint density at radius 1 is 1.29 bits per heavy atom. The van der Waals surface area contributed by atoms with E-state index in [9.17, 15) is 8.42 Å². The molecule has 5 heteroatoms. The number of piperazine rings is 1. The largest absolute Gasteiger partial charge is 0.311 e. The minimum absolute atomic E-state index is 0.146. The van der Waals surface area contributed by atoms with Gasteiger partial charge in [0.1, 0.15) is 0 Å². The molecule has 0 radical (unpaired) electrons. The van der Waals surface area contributed by atoms with Gasteiger partial charge in [-0.05, 0) is 38.0 Å². The van der Waals surface area contributed by atoms with Crippen LogP contribution in [-0.2, 0) is 9.84 Å². The van der Waals surface area contributed by atoms with E-state index in [2.05, 4.69) is 31.0 Å².